The molecule has 8 nitrogen and oxygen atoms in total. The maximum Gasteiger partial charge on any atom is 0.326 e. The lowest BCUT2D eigenvalue weighted by atomic mass is 9.93. The first-order valence-corrected chi connectivity index (χ1v) is 17.4. The lowest BCUT2D eigenvalue weighted by molar-refractivity contribution is -0.139. The summed E-state index contributed by atoms with van der Waals surface area (Å²) >= 11 is 1.97. The Kier molecular flexibility index (Phi) is 11.4. The van der Waals surface area contributed by atoms with Gasteiger partial charge in [-0.3, -0.25) is 9.69 Å². The number of nitrogens with zero attached hydrogens (tertiary/aromatic N) is 1. The molecule has 0 radical (unpaired) electrons. The monoisotopic (exact) mass is 624 g/mol. The highest BCUT2D eigenvalue weighted by Gasteiger charge is 2.32. The van der Waals surface area contributed by atoms with E-state index in [2.05, 4.69) is 34.5 Å². The molecule has 4 rings (SSSR count). The summed E-state index contributed by atoms with van der Waals surface area (Å²) in [5.74, 6) is -1.20. The second-order valence-electron chi connectivity index (χ2n) is 11.2. The molecular weight excluding hydrogens is 585 g/mol. The van der Waals surface area contributed by atoms with Crippen LogP contribution >= 0.6 is 11.8 Å². The van der Waals surface area contributed by atoms with Crippen LogP contribution in [-0.2, 0) is 31.7 Å². The molecule has 0 spiro atoms. The minimum atomic E-state index is -3.39. The molecule has 2 N–H and O–H groups in total. The van der Waals surface area contributed by atoms with E-state index in [-0.39, 0.29) is 18.2 Å². The summed E-state index contributed by atoms with van der Waals surface area (Å²) in [6.45, 7) is 4.22. The Morgan fingerprint density at radius 2 is 1.77 bits per heavy atom. The van der Waals surface area contributed by atoms with Gasteiger partial charge in [-0.25, -0.2) is 13.2 Å². The molecular formula is C33H40N2O6S2. The topological polar surface area (TPSA) is 113 Å². The number of benzene rings is 3. The molecule has 1 aliphatic heterocycles. The third-order valence-corrected chi connectivity index (χ3v) is 10.00. The number of thioether (sulfide) groups is 1. The summed E-state index contributed by atoms with van der Waals surface area (Å²) in [7, 11) is -1.66. The number of carbonyl (C=O) groups is 2. The van der Waals surface area contributed by atoms with Crippen LogP contribution in [-0.4, -0.2) is 79.9 Å². The van der Waals surface area contributed by atoms with E-state index in [1.807, 2.05) is 61.2 Å². The Labute approximate surface area is 258 Å². The Morgan fingerprint density at radius 3 is 2.44 bits per heavy atom. The van der Waals surface area contributed by atoms with Crippen molar-refractivity contribution in [2.75, 3.05) is 32.3 Å². The van der Waals surface area contributed by atoms with Gasteiger partial charge in [0.2, 0.25) is 0 Å². The fourth-order valence-electron chi connectivity index (χ4n) is 5.45. The number of hydrogen-bond donors (Lipinski definition) is 2. The summed E-state index contributed by atoms with van der Waals surface area (Å²) in [5.41, 5.74) is 5.26. The second kappa shape index (κ2) is 15.0. The molecule has 1 amide bonds. The fraction of sp³-hybridized carbons (Fsp3) is 0.394. The lowest BCUT2D eigenvalue weighted by Crippen LogP contribution is -2.42. The average Bonchev–Trinajstić information content (AvgIpc) is 3.35. The van der Waals surface area contributed by atoms with Crippen molar-refractivity contribution in [1.29, 1.82) is 0 Å². The lowest BCUT2D eigenvalue weighted by Gasteiger charge is -2.24. The molecule has 0 aromatic heterocycles. The first-order chi connectivity index (χ1) is 20.5. The highest BCUT2D eigenvalue weighted by molar-refractivity contribution is 7.99. The number of amides is 1. The van der Waals surface area contributed by atoms with E-state index < -0.39 is 27.8 Å². The molecule has 1 unspecified atom stereocenters. The van der Waals surface area contributed by atoms with Crippen molar-refractivity contribution in [1.82, 2.24) is 10.2 Å². The highest BCUT2D eigenvalue weighted by Crippen LogP contribution is 2.33. The third-order valence-electron chi connectivity index (χ3n) is 7.71. The van der Waals surface area contributed by atoms with E-state index in [0.29, 0.717) is 29.5 Å². The predicted molar refractivity (Wildman–Crippen MR) is 172 cm³/mol. The Morgan fingerprint density at radius 1 is 1.05 bits per heavy atom. The van der Waals surface area contributed by atoms with Crippen molar-refractivity contribution >= 4 is 33.5 Å². The predicted octanol–water partition coefficient (Wildman–Crippen LogP) is 4.80. The summed E-state index contributed by atoms with van der Waals surface area (Å²) in [6, 6.07) is 22.9. The minimum absolute atomic E-state index is 0.211. The standard InChI is InChI=1S/C33H40N2O6S2/c1-23-9-7-8-12-28(23)30-17-25(13-14-29(30)32(36)34-31(33(37)38)15-16-43(3,39)40)19-35-20-27(18-26(35)21-41-2)42-22-24-10-5-4-6-11-24/h4-14,17,26-27,31H,15-16,18-22H2,1-3H3,(H,34,36)(H,37,38)/t26-,27?,31-/m0/s1. The molecule has 3 aromatic rings. The number of ether oxygens (including phenoxy) is 1. The van der Waals surface area contributed by atoms with Crippen molar-refractivity contribution in [3.8, 4) is 11.1 Å². The largest absolute Gasteiger partial charge is 0.480 e. The van der Waals surface area contributed by atoms with Crippen LogP contribution in [0.1, 0.15) is 39.9 Å². The van der Waals surface area contributed by atoms with Gasteiger partial charge in [-0.1, -0.05) is 60.7 Å². The SMILES string of the molecule is COC[C@@H]1CC(SCc2ccccc2)CN1Cc1ccc(C(=O)N[C@@H](CCS(C)(=O)=O)C(=O)O)c(-c2ccccc2C)c1. The number of carbonyl (C=O) groups excluding carboxylic acids is 1. The zero-order chi connectivity index (χ0) is 31.0. The summed E-state index contributed by atoms with van der Waals surface area (Å²) in [6.07, 6.45) is 1.86. The summed E-state index contributed by atoms with van der Waals surface area (Å²) in [5, 5.41) is 12.7. The van der Waals surface area contributed by atoms with Crippen LogP contribution in [0.3, 0.4) is 0 Å². The number of likely N-dealkylation sites (tertiary alicyclic amines) is 1. The second-order valence-corrected chi connectivity index (χ2v) is 14.7. The molecule has 1 saturated heterocycles. The molecule has 0 saturated carbocycles. The summed E-state index contributed by atoms with van der Waals surface area (Å²) < 4.78 is 28.8. The number of aliphatic carboxylic acids is 1. The van der Waals surface area contributed by atoms with Crippen molar-refractivity contribution in [2.45, 2.75) is 49.4 Å². The third kappa shape index (κ3) is 9.40. The van der Waals surface area contributed by atoms with Crippen LogP contribution in [0.25, 0.3) is 11.1 Å². The number of aryl methyl sites for hydroxylation is 1. The normalized spacial score (nSPS) is 17.9. The van der Waals surface area contributed by atoms with Gasteiger partial charge in [0.15, 0.2) is 0 Å². The zero-order valence-corrected chi connectivity index (χ0v) is 26.5. The van der Waals surface area contributed by atoms with Gasteiger partial charge in [0.1, 0.15) is 15.9 Å². The molecule has 1 aliphatic rings. The molecule has 1 heterocycles. The zero-order valence-electron chi connectivity index (χ0n) is 24.9. The number of rotatable bonds is 14. The van der Waals surface area contributed by atoms with E-state index in [1.54, 1.807) is 13.2 Å². The van der Waals surface area contributed by atoms with E-state index in [1.165, 1.54) is 5.56 Å². The quantitative estimate of drug-likeness (QED) is 0.263. The van der Waals surface area contributed by atoms with Crippen LogP contribution in [0.5, 0.6) is 0 Å². The van der Waals surface area contributed by atoms with Gasteiger partial charge in [0.25, 0.3) is 5.91 Å². The van der Waals surface area contributed by atoms with Gasteiger partial charge in [0, 0.05) is 49.1 Å². The van der Waals surface area contributed by atoms with Gasteiger partial charge >= 0.3 is 5.97 Å². The molecule has 43 heavy (non-hydrogen) atoms. The van der Waals surface area contributed by atoms with Crippen LogP contribution in [0, 0.1) is 6.92 Å². The smallest absolute Gasteiger partial charge is 0.326 e. The van der Waals surface area contributed by atoms with Crippen LogP contribution in [0.15, 0.2) is 72.8 Å². The fourth-order valence-corrected chi connectivity index (χ4v) is 7.39. The number of methoxy groups -OCH3 is 1. The van der Waals surface area contributed by atoms with Crippen LogP contribution in [0.4, 0.5) is 0 Å². The Hall–Kier alpha value is -3.18. The first-order valence-electron chi connectivity index (χ1n) is 14.3. The van der Waals surface area contributed by atoms with Gasteiger partial charge in [-0.2, -0.15) is 11.8 Å². The molecule has 1 fully saturated rings. The average molecular weight is 625 g/mol. The maximum absolute atomic E-state index is 13.5. The molecule has 0 aliphatic carbocycles. The van der Waals surface area contributed by atoms with Gasteiger partial charge in [-0.15, -0.1) is 0 Å². The van der Waals surface area contributed by atoms with Crippen molar-refractivity contribution in [3.63, 3.8) is 0 Å². The molecule has 230 valence electrons. The van der Waals surface area contributed by atoms with Crippen molar-refractivity contribution < 1.29 is 27.9 Å². The number of nitrogens with one attached hydrogen (secondary N) is 1. The highest BCUT2D eigenvalue weighted by atomic mass is 32.2. The number of hydrogen-bond acceptors (Lipinski definition) is 7. The Bertz CT molecular complexity index is 1510. The maximum atomic E-state index is 13.5. The minimum Gasteiger partial charge on any atom is -0.480 e. The van der Waals surface area contributed by atoms with Gasteiger partial charge < -0.3 is 15.2 Å². The molecule has 10 heteroatoms. The van der Waals surface area contributed by atoms with Crippen molar-refractivity contribution in [2.24, 2.45) is 0 Å². The van der Waals surface area contributed by atoms with Crippen LogP contribution < -0.4 is 5.32 Å². The molecule has 3 aromatic carbocycles. The van der Waals surface area contributed by atoms with Gasteiger partial charge in [-0.05, 0) is 59.7 Å². The number of carboxylic acids is 1. The van der Waals surface area contributed by atoms with E-state index in [9.17, 15) is 23.1 Å². The number of sulfone groups is 1. The summed E-state index contributed by atoms with van der Waals surface area (Å²) in [4.78, 5) is 27.8. The van der Waals surface area contributed by atoms with Gasteiger partial charge in [0.05, 0.1) is 12.4 Å². The van der Waals surface area contributed by atoms with E-state index >= 15 is 0 Å². The Balaban J connectivity index is 1.56. The van der Waals surface area contributed by atoms with E-state index in [0.717, 1.165) is 41.7 Å². The molecule has 0 bridgehead atoms. The van der Waals surface area contributed by atoms with E-state index in [4.69, 9.17) is 4.74 Å². The number of carboxylic acid groups (broad SMARTS) is 1. The first kappa shape index (κ1) is 32.7. The van der Waals surface area contributed by atoms with Crippen molar-refractivity contribution in [3.05, 3.63) is 95.1 Å². The van der Waals surface area contributed by atoms with Crippen LogP contribution in [0.2, 0.25) is 0 Å². The molecule has 3 atom stereocenters.